The summed E-state index contributed by atoms with van der Waals surface area (Å²) >= 11 is 0. The van der Waals surface area contributed by atoms with Crippen LogP contribution in [0.2, 0.25) is 0 Å². The summed E-state index contributed by atoms with van der Waals surface area (Å²) in [5.74, 6) is -0.146. The Morgan fingerprint density at radius 2 is 1.91 bits per heavy atom. The van der Waals surface area contributed by atoms with Gasteiger partial charge in [-0.2, -0.15) is 0 Å². The molecule has 2 heteroatoms. The van der Waals surface area contributed by atoms with Crippen molar-refractivity contribution < 1.29 is 4.79 Å². The Balaban J connectivity index is 4.22. The maximum Gasteiger partial charge on any atom is 0.221 e. The fourth-order valence-corrected chi connectivity index (χ4v) is 1.29. The lowest BCUT2D eigenvalue weighted by Crippen LogP contribution is -2.33. The Labute approximate surface area is 69.2 Å². The third-order valence-corrected chi connectivity index (χ3v) is 1.97. The third kappa shape index (κ3) is 3.40. The van der Waals surface area contributed by atoms with Crippen LogP contribution in [0.25, 0.3) is 0 Å². The molecule has 0 aromatic heterocycles. The minimum atomic E-state index is -0.167. The molecule has 0 heterocycles. The Morgan fingerprint density at radius 1 is 1.45 bits per heavy atom. The van der Waals surface area contributed by atoms with E-state index in [1.54, 1.807) is 0 Å². The first kappa shape index (κ1) is 10.5. The van der Waals surface area contributed by atoms with E-state index in [1.165, 1.54) is 0 Å². The van der Waals surface area contributed by atoms with E-state index in [0.29, 0.717) is 0 Å². The van der Waals surface area contributed by atoms with Crippen LogP contribution in [0.1, 0.15) is 40.5 Å². The van der Waals surface area contributed by atoms with Gasteiger partial charge in [-0.3, -0.25) is 4.79 Å². The summed E-state index contributed by atoms with van der Waals surface area (Å²) in [4.78, 5) is 11.0. The zero-order valence-corrected chi connectivity index (χ0v) is 7.98. The predicted molar refractivity (Wildman–Crippen MR) is 47.0 cm³/mol. The Morgan fingerprint density at radius 3 is 2.00 bits per heavy atom. The van der Waals surface area contributed by atoms with E-state index in [-0.39, 0.29) is 17.2 Å². The molecule has 66 valence electrons. The van der Waals surface area contributed by atoms with E-state index in [4.69, 9.17) is 5.73 Å². The highest BCUT2D eigenvalue weighted by Gasteiger charge is 2.28. The van der Waals surface area contributed by atoms with Crippen molar-refractivity contribution in [3.05, 3.63) is 0 Å². The van der Waals surface area contributed by atoms with Gasteiger partial charge in [0, 0.05) is 5.92 Å². The SMILES string of the molecule is CCC[C@@H](C(N)=O)C(C)(C)C. The number of nitrogens with two attached hydrogens (primary N) is 1. The first-order chi connectivity index (χ1) is 4.89. The average molecular weight is 157 g/mol. The van der Waals surface area contributed by atoms with Gasteiger partial charge in [0.15, 0.2) is 0 Å². The molecule has 0 fully saturated rings. The number of hydrogen-bond donors (Lipinski definition) is 1. The standard InChI is InChI=1S/C9H19NO/c1-5-6-7(8(10)11)9(2,3)4/h7H,5-6H2,1-4H3,(H2,10,11)/t7-/m0/s1. The smallest absolute Gasteiger partial charge is 0.221 e. The van der Waals surface area contributed by atoms with Crippen LogP contribution in [0.3, 0.4) is 0 Å². The zero-order valence-electron chi connectivity index (χ0n) is 7.98. The lowest BCUT2D eigenvalue weighted by atomic mass is 9.78. The number of hydrogen-bond acceptors (Lipinski definition) is 1. The maximum atomic E-state index is 11.0. The van der Waals surface area contributed by atoms with Gasteiger partial charge >= 0.3 is 0 Å². The lowest BCUT2D eigenvalue weighted by Gasteiger charge is -2.27. The van der Waals surface area contributed by atoms with E-state index in [0.717, 1.165) is 12.8 Å². The lowest BCUT2D eigenvalue weighted by molar-refractivity contribution is -0.125. The Kier molecular flexibility index (Phi) is 3.56. The molecule has 0 rings (SSSR count). The second kappa shape index (κ2) is 3.74. The van der Waals surface area contributed by atoms with Crippen molar-refractivity contribution in [2.45, 2.75) is 40.5 Å². The number of rotatable bonds is 3. The van der Waals surface area contributed by atoms with Crippen LogP contribution < -0.4 is 5.73 Å². The molecule has 0 saturated heterocycles. The largest absolute Gasteiger partial charge is 0.369 e. The summed E-state index contributed by atoms with van der Waals surface area (Å²) in [5.41, 5.74) is 5.29. The van der Waals surface area contributed by atoms with Gasteiger partial charge in [-0.05, 0) is 11.8 Å². The third-order valence-electron chi connectivity index (χ3n) is 1.97. The molecule has 2 N–H and O–H groups in total. The van der Waals surface area contributed by atoms with Crippen LogP contribution in [0.4, 0.5) is 0 Å². The first-order valence-electron chi connectivity index (χ1n) is 4.19. The van der Waals surface area contributed by atoms with Gasteiger partial charge in [-0.25, -0.2) is 0 Å². The van der Waals surface area contributed by atoms with Gasteiger partial charge in [0.2, 0.25) is 5.91 Å². The van der Waals surface area contributed by atoms with Gasteiger partial charge in [0.25, 0.3) is 0 Å². The fourth-order valence-electron chi connectivity index (χ4n) is 1.29. The van der Waals surface area contributed by atoms with Crippen molar-refractivity contribution in [2.24, 2.45) is 17.1 Å². The molecule has 0 spiro atoms. The van der Waals surface area contributed by atoms with Crippen LogP contribution in [0.15, 0.2) is 0 Å². The Bertz CT molecular complexity index is 135. The fraction of sp³-hybridized carbons (Fsp3) is 0.889. The van der Waals surface area contributed by atoms with Crippen LogP contribution >= 0.6 is 0 Å². The van der Waals surface area contributed by atoms with Crippen LogP contribution in [0.5, 0.6) is 0 Å². The highest BCUT2D eigenvalue weighted by molar-refractivity contribution is 5.77. The summed E-state index contributed by atoms with van der Waals surface area (Å²) in [6, 6.07) is 0. The molecule has 0 saturated carbocycles. The summed E-state index contributed by atoms with van der Waals surface area (Å²) in [6.45, 7) is 8.23. The zero-order chi connectivity index (χ0) is 9.07. The van der Waals surface area contributed by atoms with E-state index in [2.05, 4.69) is 27.7 Å². The van der Waals surface area contributed by atoms with Gasteiger partial charge < -0.3 is 5.73 Å². The van der Waals surface area contributed by atoms with Gasteiger partial charge in [0.05, 0.1) is 0 Å². The highest BCUT2D eigenvalue weighted by atomic mass is 16.1. The summed E-state index contributed by atoms with van der Waals surface area (Å²) < 4.78 is 0. The molecule has 0 radical (unpaired) electrons. The van der Waals surface area contributed by atoms with Crippen LogP contribution in [-0.4, -0.2) is 5.91 Å². The highest BCUT2D eigenvalue weighted by Crippen LogP contribution is 2.29. The monoisotopic (exact) mass is 157 g/mol. The van der Waals surface area contributed by atoms with E-state index >= 15 is 0 Å². The van der Waals surface area contributed by atoms with Gasteiger partial charge in [-0.15, -0.1) is 0 Å². The minimum Gasteiger partial charge on any atom is -0.369 e. The molecule has 1 amide bonds. The molecule has 0 bridgehead atoms. The van der Waals surface area contributed by atoms with Gasteiger partial charge in [0.1, 0.15) is 0 Å². The van der Waals surface area contributed by atoms with Crippen molar-refractivity contribution in [1.82, 2.24) is 0 Å². The average Bonchev–Trinajstić information content (AvgIpc) is 1.79. The minimum absolute atomic E-state index is 0.0157. The number of carbonyl (C=O) groups is 1. The molecular formula is C9H19NO. The van der Waals surface area contributed by atoms with E-state index in [9.17, 15) is 4.79 Å². The van der Waals surface area contributed by atoms with E-state index < -0.39 is 0 Å². The molecule has 0 aliphatic carbocycles. The van der Waals surface area contributed by atoms with Crippen LogP contribution in [-0.2, 0) is 4.79 Å². The number of amides is 1. The quantitative estimate of drug-likeness (QED) is 0.668. The summed E-state index contributed by atoms with van der Waals surface area (Å²) in [6.07, 6.45) is 1.92. The van der Waals surface area contributed by atoms with Crippen molar-refractivity contribution >= 4 is 5.91 Å². The summed E-state index contributed by atoms with van der Waals surface area (Å²) in [7, 11) is 0. The molecule has 0 aromatic rings. The van der Waals surface area contributed by atoms with Gasteiger partial charge in [-0.1, -0.05) is 34.1 Å². The normalized spacial score (nSPS) is 14.5. The molecule has 0 unspecified atom stereocenters. The molecule has 0 aromatic carbocycles. The molecule has 0 aliphatic heterocycles. The summed E-state index contributed by atoms with van der Waals surface area (Å²) in [5, 5.41) is 0. The van der Waals surface area contributed by atoms with Crippen molar-refractivity contribution in [3.63, 3.8) is 0 Å². The molecule has 2 nitrogen and oxygen atoms in total. The number of primary amides is 1. The molecule has 0 aliphatic rings. The topological polar surface area (TPSA) is 43.1 Å². The molecule has 1 atom stereocenters. The first-order valence-corrected chi connectivity index (χ1v) is 4.19. The number of carbonyl (C=O) groups excluding carboxylic acids is 1. The maximum absolute atomic E-state index is 11.0. The molecular weight excluding hydrogens is 138 g/mol. The second-order valence-corrected chi connectivity index (χ2v) is 4.11. The van der Waals surface area contributed by atoms with Crippen molar-refractivity contribution in [2.75, 3.05) is 0 Å². The molecule has 11 heavy (non-hydrogen) atoms. The van der Waals surface area contributed by atoms with E-state index in [1.807, 2.05) is 0 Å². The van der Waals surface area contributed by atoms with Crippen LogP contribution in [0, 0.1) is 11.3 Å². The van der Waals surface area contributed by atoms with Crippen molar-refractivity contribution in [3.8, 4) is 0 Å². The predicted octanol–water partition coefficient (Wildman–Crippen LogP) is 1.93. The Hall–Kier alpha value is -0.530. The van der Waals surface area contributed by atoms with Crippen molar-refractivity contribution in [1.29, 1.82) is 0 Å². The second-order valence-electron chi connectivity index (χ2n) is 4.11.